The van der Waals surface area contributed by atoms with Crippen molar-refractivity contribution < 1.29 is 39.5 Å². The summed E-state index contributed by atoms with van der Waals surface area (Å²) < 4.78 is 109. The molecule has 0 aromatic carbocycles. The third kappa shape index (κ3) is 2.58. The van der Waals surface area contributed by atoms with Crippen LogP contribution < -0.4 is 0 Å². The number of hydrogen-bond donors (Lipinski definition) is 0. The van der Waals surface area contributed by atoms with Crippen LogP contribution in [0.5, 0.6) is 0 Å². The predicted molar refractivity (Wildman–Crippen MR) is 40.2 cm³/mol. The summed E-state index contributed by atoms with van der Waals surface area (Å²) in [5, 5.41) is 0. The Morgan fingerprint density at radius 3 is 1.35 bits per heavy atom. The quantitative estimate of drug-likeness (QED) is 0.533. The first-order valence-corrected chi connectivity index (χ1v) is 3.81. The normalized spacial score (nSPS) is 18.2. The van der Waals surface area contributed by atoms with Gasteiger partial charge < -0.3 is 0 Å². The lowest BCUT2D eigenvalue weighted by atomic mass is 9.95. The lowest BCUT2D eigenvalue weighted by Gasteiger charge is -2.33. The van der Waals surface area contributed by atoms with Crippen molar-refractivity contribution in [3.8, 4) is 0 Å². The lowest BCUT2D eigenvalue weighted by molar-refractivity contribution is -0.369. The van der Waals surface area contributed by atoms with Gasteiger partial charge in [-0.2, -0.15) is 35.1 Å². The molecule has 17 heavy (non-hydrogen) atoms. The predicted octanol–water partition coefficient (Wildman–Crippen LogP) is 4.20. The van der Waals surface area contributed by atoms with Crippen molar-refractivity contribution in [1.82, 2.24) is 0 Å². The molecule has 0 bridgehead atoms. The molecule has 0 saturated heterocycles. The van der Waals surface area contributed by atoms with Crippen molar-refractivity contribution in [2.45, 2.75) is 23.9 Å². The third-order valence-electron chi connectivity index (χ3n) is 1.69. The van der Waals surface area contributed by atoms with Crippen molar-refractivity contribution in [2.24, 2.45) is 0 Å². The average molecular weight is 272 g/mol. The van der Waals surface area contributed by atoms with E-state index in [1.165, 1.54) is 0 Å². The molecular formula is C8H5F9. The van der Waals surface area contributed by atoms with Crippen molar-refractivity contribution >= 4 is 0 Å². The van der Waals surface area contributed by atoms with Crippen LogP contribution in [0.2, 0.25) is 0 Å². The molecule has 0 radical (unpaired) electrons. The van der Waals surface area contributed by atoms with Crippen LogP contribution in [0, 0.1) is 0 Å². The summed E-state index contributed by atoms with van der Waals surface area (Å²) in [6, 6.07) is 0. The Kier molecular flexibility index (Phi) is 3.97. The molecule has 0 amide bonds. The highest BCUT2D eigenvalue weighted by atomic mass is 19.4. The molecule has 0 saturated carbocycles. The maximum Gasteiger partial charge on any atom is 0.457 e. The first-order valence-electron chi connectivity index (χ1n) is 3.81. The molecule has 0 N–H and O–H groups in total. The van der Waals surface area contributed by atoms with Crippen molar-refractivity contribution in [3.63, 3.8) is 0 Å². The maximum absolute atomic E-state index is 13.0. The monoisotopic (exact) mass is 272 g/mol. The molecule has 0 aromatic heterocycles. The molecule has 0 fully saturated rings. The molecule has 100 valence electrons. The van der Waals surface area contributed by atoms with Gasteiger partial charge in [-0.05, 0) is 6.08 Å². The van der Waals surface area contributed by atoms with Crippen molar-refractivity contribution in [1.29, 1.82) is 0 Å². The van der Waals surface area contributed by atoms with E-state index < -0.39 is 30.0 Å². The second-order valence-corrected chi connectivity index (χ2v) is 2.88. The van der Waals surface area contributed by atoms with E-state index in [4.69, 9.17) is 0 Å². The van der Waals surface area contributed by atoms with Gasteiger partial charge in [0.15, 0.2) is 0 Å². The third-order valence-corrected chi connectivity index (χ3v) is 1.69. The highest BCUT2D eigenvalue weighted by molar-refractivity contribution is 5.19. The fourth-order valence-corrected chi connectivity index (χ4v) is 0.784. The smallest absolute Gasteiger partial charge is 0.222 e. The molecular weight excluding hydrogens is 267 g/mol. The Balaban J connectivity index is 5.81. The van der Waals surface area contributed by atoms with Crippen LogP contribution in [0.15, 0.2) is 24.8 Å². The molecule has 0 aliphatic rings. The highest BCUT2D eigenvalue weighted by Crippen LogP contribution is 2.53. The second-order valence-electron chi connectivity index (χ2n) is 2.88. The summed E-state index contributed by atoms with van der Waals surface area (Å²) in [5.74, 6) is -6.60. The van der Waals surface area contributed by atoms with Gasteiger partial charge in [-0.1, -0.05) is 18.7 Å². The Morgan fingerprint density at radius 1 is 0.706 bits per heavy atom. The van der Waals surface area contributed by atoms with Gasteiger partial charge in [0.2, 0.25) is 0 Å². The van der Waals surface area contributed by atoms with E-state index in [0.29, 0.717) is 6.08 Å². The largest absolute Gasteiger partial charge is 0.457 e. The Bertz CT molecular complexity index is 308. The Hall–Kier alpha value is -1.15. The number of rotatable bonds is 3. The molecule has 0 aliphatic heterocycles. The lowest BCUT2D eigenvalue weighted by Crippen LogP contribution is -2.60. The molecule has 0 heterocycles. The molecule has 1 atom stereocenters. The zero-order valence-corrected chi connectivity index (χ0v) is 7.84. The minimum Gasteiger partial charge on any atom is -0.222 e. The highest BCUT2D eigenvalue weighted by Gasteiger charge is 2.79. The summed E-state index contributed by atoms with van der Waals surface area (Å²) in [6.45, 7) is 2.74. The van der Waals surface area contributed by atoms with Gasteiger partial charge in [-0.25, -0.2) is 4.39 Å². The van der Waals surface area contributed by atoms with E-state index in [9.17, 15) is 39.5 Å². The van der Waals surface area contributed by atoms with Gasteiger partial charge in [0.1, 0.15) is 0 Å². The summed E-state index contributed by atoms with van der Waals surface area (Å²) in [6.07, 6.45) is -13.6. The molecule has 0 spiro atoms. The molecule has 0 aliphatic carbocycles. The van der Waals surface area contributed by atoms with Crippen LogP contribution in [0.3, 0.4) is 0 Å². The number of halogens is 9. The Labute approximate surface area is 89.4 Å². The minimum atomic E-state index is -6.68. The van der Waals surface area contributed by atoms with Crippen LogP contribution in [0.25, 0.3) is 0 Å². The van der Waals surface area contributed by atoms with Crippen LogP contribution in [-0.4, -0.2) is 23.9 Å². The first kappa shape index (κ1) is 15.9. The van der Waals surface area contributed by atoms with Gasteiger partial charge in [0.25, 0.3) is 5.67 Å². The molecule has 0 rings (SSSR count). The van der Waals surface area contributed by atoms with Gasteiger partial charge in [-0.3, -0.25) is 0 Å². The van der Waals surface area contributed by atoms with Gasteiger partial charge >= 0.3 is 18.3 Å². The molecule has 9 heteroatoms. The maximum atomic E-state index is 13.0. The van der Waals surface area contributed by atoms with Gasteiger partial charge in [0.05, 0.1) is 0 Å². The first-order chi connectivity index (χ1) is 7.31. The molecule has 0 aromatic rings. The number of hydrogen-bond acceptors (Lipinski definition) is 0. The van der Waals surface area contributed by atoms with Crippen LogP contribution >= 0.6 is 0 Å². The van der Waals surface area contributed by atoms with E-state index >= 15 is 0 Å². The summed E-state index contributed by atoms with van der Waals surface area (Å²) in [7, 11) is 0. The van der Waals surface area contributed by atoms with Crippen molar-refractivity contribution in [3.05, 3.63) is 24.8 Å². The summed E-state index contributed by atoms with van der Waals surface area (Å²) in [5.41, 5.74) is -5.84. The number of alkyl halides is 9. The topological polar surface area (TPSA) is 0 Å². The standard InChI is InChI=1S/C8H5F9/c1-2-3-4-5(9,7(12,13)14)6(10,11)8(15,16)17/h2-4H,1H2. The van der Waals surface area contributed by atoms with Crippen LogP contribution in [0.4, 0.5) is 39.5 Å². The van der Waals surface area contributed by atoms with E-state index in [1.807, 2.05) is 0 Å². The summed E-state index contributed by atoms with van der Waals surface area (Å²) >= 11 is 0. The SMILES string of the molecule is C=CC=CC(F)(C(F)(F)F)C(F)(F)C(F)(F)F. The second kappa shape index (κ2) is 4.26. The van der Waals surface area contributed by atoms with Crippen LogP contribution in [-0.2, 0) is 0 Å². The zero-order valence-electron chi connectivity index (χ0n) is 7.84. The van der Waals surface area contributed by atoms with Gasteiger partial charge in [0, 0.05) is 0 Å². The molecule has 1 unspecified atom stereocenters. The summed E-state index contributed by atoms with van der Waals surface area (Å²) in [4.78, 5) is 0. The zero-order chi connectivity index (χ0) is 14.1. The van der Waals surface area contributed by atoms with Crippen molar-refractivity contribution in [2.75, 3.05) is 0 Å². The van der Waals surface area contributed by atoms with Gasteiger partial charge in [-0.15, -0.1) is 0 Å². The fraction of sp³-hybridized carbons (Fsp3) is 0.500. The fourth-order valence-electron chi connectivity index (χ4n) is 0.784. The minimum absolute atomic E-state index is 0.0210. The number of allylic oxidation sites excluding steroid dienone is 3. The molecule has 0 nitrogen and oxygen atoms in total. The Morgan fingerprint density at radius 2 is 1.12 bits per heavy atom. The average Bonchev–Trinajstić information content (AvgIpc) is 2.10. The van der Waals surface area contributed by atoms with E-state index in [-0.39, 0.29) is 6.08 Å². The van der Waals surface area contributed by atoms with Crippen LogP contribution in [0.1, 0.15) is 0 Å². The van der Waals surface area contributed by atoms with E-state index in [1.54, 1.807) is 0 Å². The van der Waals surface area contributed by atoms with E-state index in [0.717, 1.165) is 0 Å². The van der Waals surface area contributed by atoms with E-state index in [2.05, 4.69) is 6.58 Å².